The Labute approximate surface area is 164 Å². The van der Waals surface area contributed by atoms with Crippen LogP contribution in [-0.4, -0.2) is 48.1 Å². The first-order chi connectivity index (χ1) is 12.8. The molecule has 0 bridgehead atoms. The Balaban J connectivity index is 0.00000210. The molecule has 6 nitrogen and oxygen atoms in total. The van der Waals surface area contributed by atoms with E-state index in [1.165, 1.54) is 11.1 Å². The molecule has 3 heterocycles. The van der Waals surface area contributed by atoms with Crippen molar-refractivity contribution < 1.29 is 9.53 Å². The Kier molecular flexibility index (Phi) is 5.94. The largest absolute Gasteiger partial charge is 0.365 e. The van der Waals surface area contributed by atoms with Crippen LogP contribution < -0.4 is 4.90 Å². The van der Waals surface area contributed by atoms with Gasteiger partial charge in [-0.15, -0.1) is 12.4 Å². The van der Waals surface area contributed by atoms with Crippen LogP contribution in [0.5, 0.6) is 0 Å². The topological polar surface area (TPSA) is 69.5 Å². The van der Waals surface area contributed by atoms with E-state index < -0.39 is 6.10 Å². The maximum atomic E-state index is 13.0. The number of nitriles is 1. The zero-order valence-corrected chi connectivity index (χ0v) is 15.7. The van der Waals surface area contributed by atoms with E-state index >= 15 is 0 Å². The van der Waals surface area contributed by atoms with Gasteiger partial charge in [0.15, 0.2) is 11.8 Å². The number of carbonyl (C=O) groups excluding carboxylic acids is 1. The molecule has 0 N–H and O–H groups in total. The number of nitrogens with zero attached hydrogens (tertiary/aromatic N) is 4. The summed E-state index contributed by atoms with van der Waals surface area (Å²) in [5.74, 6) is 0.0200. The van der Waals surface area contributed by atoms with Gasteiger partial charge in [-0.25, -0.2) is 4.98 Å². The van der Waals surface area contributed by atoms with E-state index in [1.807, 2.05) is 34.1 Å². The summed E-state index contributed by atoms with van der Waals surface area (Å²) in [5.41, 5.74) is 3.67. The summed E-state index contributed by atoms with van der Waals surface area (Å²) in [6.45, 7) is 2.89. The predicted molar refractivity (Wildman–Crippen MR) is 104 cm³/mol. The standard InChI is InChI=1S/C20H20N4O2.ClH/c21-12-17-18(6-3-8-22-17)23-10-11-26-19(14-23)20(25)24-9-7-15-4-1-2-5-16(15)13-24;/h1-6,8,19H,7,9-11,13-14H2;1H. The van der Waals surface area contributed by atoms with E-state index in [4.69, 9.17) is 4.74 Å². The molecule has 7 heteroatoms. The van der Waals surface area contributed by atoms with Crippen LogP contribution >= 0.6 is 12.4 Å². The molecule has 4 rings (SSSR count). The molecule has 2 aliphatic heterocycles. The van der Waals surface area contributed by atoms with E-state index in [9.17, 15) is 10.1 Å². The van der Waals surface area contributed by atoms with E-state index in [1.54, 1.807) is 6.20 Å². The van der Waals surface area contributed by atoms with Crippen LogP contribution in [0.4, 0.5) is 5.69 Å². The van der Waals surface area contributed by atoms with Gasteiger partial charge in [-0.05, 0) is 29.7 Å². The molecule has 0 spiro atoms. The number of ether oxygens (including phenoxy) is 1. The van der Waals surface area contributed by atoms with Crippen LogP contribution in [0.25, 0.3) is 0 Å². The molecule has 0 saturated carbocycles. The van der Waals surface area contributed by atoms with Gasteiger partial charge >= 0.3 is 0 Å². The number of morpholine rings is 1. The zero-order valence-electron chi connectivity index (χ0n) is 14.9. The Morgan fingerprint density at radius 1 is 1.19 bits per heavy atom. The van der Waals surface area contributed by atoms with Gasteiger partial charge in [0.2, 0.25) is 0 Å². The molecule has 0 radical (unpaired) electrons. The second-order valence-electron chi connectivity index (χ2n) is 6.57. The third-order valence-electron chi connectivity index (χ3n) is 5.02. The molecule has 2 aliphatic rings. The summed E-state index contributed by atoms with van der Waals surface area (Å²) >= 11 is 0. The van der Waals surface area contributed by atoms with Gasteiger partial charge in [-0.2, -0.15) is 5.26 Å². The van der Waals surface area contributed by atoms with Crippen molar-refractivity contribution in [1.29, 1.82) is 5.26 Å². The SMILES string of the molecule is Cl.N#Cc1ncccc1N1CCOC(C(=O)N2CCc3ccccc3C2)C1. The Morgan fingerprint density at radius 3 is 2.81 bits per heavy atom. The number of rotatable bonds is 2. The summed E-state index contributed by atoms with van der Waals surface area (Å²) in [6.07, 6.45) is 1.97. The third-order valence-corrected chi connectivity index (χ3v) is 5.02. The first-order valence-electron chi connectivity index (χ1n) is 8.83. The highest BCUT2D eigenvalue weighted by molar-refractivity contribution is 5.85. The Hall–Kier alpha value is -2.62. The Morgan fingerprint density at radius 2 is 2.00 bits per heavy atom. The van der Waals surface area contributed by atoms with Gasteiger partial charge < -0.3 is 14.5 Å². The van der Waals surface area contributed by atoms with Crippen LogP contribution in [0.3, 0.4) is 0 Å². The smallest absolute Gasteiger partial charge is 0.253 e. The number of halogens is 1. The number of hydrogen-bond donors (Lipinski definition) is 0. The van der Waals surface area contributed by atoms with Gasteiger partial charge in [-0.3, -0.25) is 4.79 Å². The fraction of sp³-hybridized carbons (Fsp3) is 0.350. The number of carbonyl (C=O) groups is 1. The summed E-state index contributed by atoms with van der Waals surface area (Å²) in [5, 5.41) is 9.28. The van der Waals surface area contributed by atoms with Crippen LogP contribution in [0.2, 0.25) is 0 Å². The molecule has 1 amide bonds. The number of hydrogen-bond acceptors (Lipinski definition) is 5. The lowest BCUT2D eigenvalue weighted by molar-refractivity contribution is -0.145. The van der Waals surface area contributed by atoms with Crippen LogP contribution in [0.1, 0.15) is 16.8 Å². The molecule has 27 heavy (non-hydrogen) atoms. The molecule has 1 unspecified atom stereocenters. The molecule has 0 aliphatic carbocycles. The number of benzene rings is 1. The van der Waals surface area contributed by atoms with Crippen molar-refractivity contribution in [2.45, 2.75) is 19.1 Å². The molecular formula is C20H21ClN4O2. The van der Waals surface area contributed by atoms with Crippen molar-refractivity contribution in [3.63, 3.8) is 0 Å². The average molecular weight is 385 g/mol. The minimum atomic E-state index is -0.513. The molecule has 1 saturated heterocycles. The number of anilines is 1. The van der Waals surface area contributed by atoms with Crippen molar-refractivity contribution in [2.75, 3.05) is 31.1 Å². The number of aromatic nitrogens is 1. The first-order valence-corrected chi connectivity index (χ1v) is 8.83. The maximum absolute atomic E-state index is 13.0. The van der Waals surface area contributed by atoms with E-state index in [-0.39, 0.29) is 18.3 Å². The second kappa shape index (κ2) is 8.38. The van der Waals surface area contributed by atoms with Crippen LogP contribution in [0.15, 0.2) is 42.6 Å². The minimum Gasteiger partial charge on any atom is -0.365 e. The molecule has 1 atom stereocenters. The highest BCUT2D eigenvalue weighted by Crippen LogP contribution is 2.23. The van der Waals surface area contributed by atoms with E-state index in [0.29, 0.717) is 38.5 Å². The lowest BCUT2D eigenvalue weighted by Crippen LogP contribution is -2.52. The number of amides is 1. The van der Waals surface area contributed by atoms with Crippen molar-refractivity contribution in [3.8, 4) is 6.07 Å². The van der Waals surface area contributed by atoms with Gasteiger partial charge in [0.05, 0.1) is 18.8 Å². The van der Waals surface area contributed by atoms with Crippen LogP contribution in [0, 0.1) is 11.3 Å². The van der Waals surface area contributed by atoms with E-state index in [2.05, 4.69) is 23.2 Å². The summed E-state index contributed by atoms with van der Waals surface area (Å²) in [4.78, 5) is 21.0. The quantitative estimate of drug-likeness (QED) is 0.793. The van der Waals surface area contributed by atoms with Crippen molar-refractivity contribution in [2.24, 2.45) is 0 Å². The lowest BCUT2D eigenvalue weighted by atomic mass is 9.99. The molecule has 140 valence electrons. The third kappa shape index (κ3) is 3.90. The highest BCUT2D eigenvalue weighted by Gasteiger charge is 2.32. The highest BCUT2D eigenvalue weighted by atomic mass is 35.5. The molecule has 1 fully saturated rings. The molecule has 1 aromatic heterocycles. The summed E-state index contributed by atoms with van der Waals surface area (Å²) < 4.78 is 5.77. The molecule has 1 aromatic carbocycles. The van der Waals surface area contributed by atoms with Gasteiger partial charge in [-0.1, -0.05) is 24.3 Å². The van der Waals surface area contributed by atoms with Crippen molar-refractivity contribution in [1.82, 2.24) is 9.88 Å². The van der Waals surface area contributed by atoms with Crippen molar-refractivity contribution in [3.05, 3.63) is 59.4 Å². The van der Waals surface area contributed by atoms with Gasteiger partial charge in [0.25, 0.3) is 5.91 Å². The van der Waals surface area contributed by atoms with E-state index in [0.717, 1.165) is 12.1 Å². The predicted octanol–water partition coefficient (Wildman–Crippen LogP) is 2.17. The van der Waals surface area contributed by atoms with Gasteiger partial charge in [0, 0.05) is 25.8 Å². The number of fused-ring (bicyclic) bond motifs is 1. The fourth-order valence-corrected chi connectivity index (χ4v) is 3.64. The summed E-state index contributed by atoms with van der Waals surface area (Å²) in [6, 6.07) is 14.1. The van der Waals surface area contributed by atoms with Crippen LogP contribution in [-0.2, 0) is 22.5 Å². The van der Waals surface area contributed by atoms with Crippen molar-refractivity contribution >= 4 is 24.0 Å². The second-order valence-corrected chi connectivity index (χ2v) is 6.57. The average Bonchev–Trinajstić information content (AvgIpc) is 2.73. The number of pyridine rings is 1. The van der Waals surface area contributed by atoms with Gasteiger partial charge in [0.1, 0.15) is 6.07 Å². The Bertz CT molecular complexity index is 867. The first kappa shape index (κ1) is 19.2. The molecule has 2 aromatic rings. The monoisotopic (exact) mass is 384 g/mol. The zero-order chi connectivity index (χ0) is 17.9. The minimum absolute atomic E-state index is 0. The molecular weight excluding hydrogens is 364 g/mol. The fourth-order valence-electron chi connectivity index (χ4n) is 3.64. The lowest BCUT2D eigenvalue weighted by Gasteiger charge is -2.37. The maximum Gasteiger partial charge on any atom is 0.253 e. The summed E-state index contributed by atoms with van der Waals surface area (Å²) in [7, 11) is 0. The normalized spacial score (nSPS) is 18.9.